The van der Waals surface area contributed by atoms with Gasteiger partial charge in [0.05, 0.1) is 11.3 Å². The molecule has 0 fully saturated rings. The summed E-state index contributed by atoms with van der Waals surface area (Å²) in [5, 5.41) is 16.1. The monoisotopic (exact) mass is 263 g/mol. The maximum Gasteiger partial charge on any atom is 0.101 e. The number of nitrogens with one attached hydrogen (secondary N) is 2. The number of hydrogen-bond donors (Lipinski definition) is 2. The highest BCUT2D eigenvalue weighted by atomic mass is 14.9. The van der Waals surface area contributed by atoms with Crippen molar-refractivity contribution in [2.45, 2.75) is 19.9 Å². The van der Waals surface area contributed by atoms with E-state index in [2.05, 4.69) is 34.9 Å². The van der Waals surface area contributed by atoms with Crippen LogP contribution in [0.3, 0.4) is 0 Å². The molecule has 0 amide bonds. The second-order valence-electron chi connectivity index (χ2n) is 5.16. The summed E-state index contributed by atoms with van der Waals surface area (Å²) in [5.41, 5.74) is 6.49. The molecule has 0 aliphatic carbocycles. The molecule has 0 unspecified atom stereocenters. The lowest BCUT2D eigenvalue weighted by atomic mass is 9.98. The standard InChI is InChI=1S/C17H17N3/c1-12-5-6-16(14(9-12)10-18)20-17-4-2-3-13-11-19-8-7-15(13)17/h2-6,9,19-20H,7-8,11H2,1H3. The maximum atomic E-state index is 9.26. The Morgan fingerprint density at radius 2 is 2.10 bits per heavy atom. The molecule has 3 rings (SSSR count). The molecule has 0 atom stereocenters. The van der Waals surface area contributed by atoms with Gasteiger partial charge < -0.3 is 10.6 Å². The topological polar surface area (TPSA) is 47.8 Å². The zero-order valence-electron chi connectivity index (χ0n) is 11.5. The van der Waals surface area contributed by atoms with Crippen LogP contribution >= 0.6 is 0 Å². The zero-order chi connectivity index (χ0) is 13.9. The molecule has 1 heterocycles. The summed E-state index contributed by atoms with van der Waals surface area (Å²) >= 11 is 0. The van der Waals surface area contributed by atoms with E-state index in [1.165, 1.54) is 11.1 Å². The Bertz CT molecular complexity index is 683. The van der Waals surface area contributed by atoms with Gasteiger partial charge in [0.2, 0.25) is 0 Å². The average Bonchev–Trinajstić information content (AvgIpc) is 2.49. The molecular formula is C17H17N3. The number of aryl methyl sites for hydroxylation is 1. The van der Waals surface area contributed by atoms with E-state index in [-0.39, 0.29) is 0 Å². The van der Waals surface area contributed by atoms with Crippen molar-refractivity contribution in [3.8, 4) is 6.07 Å². The molecule has 0 saturated heterocycles. The van der Waals surface area contributed by atoms with Crippen molar-refractivity contribution in [1.29, 1.82) is 5.26 Å². The molecule has 0 saturated carbocycles. The summed E-state index contributed by atoms with van der Waals surface area (Å²) in [4.78, 5) is 0. The van der Waals surface area contributed by atoms with E-state index in [0.29, 0.717) is 5.56 Å². The first-order chi connectivity index (χ1) is 9.78. The molecule has 1 aliphatic heterocycles. The third kappa shape index (κ3) is 2.38. The molecule has 2 N–H and O–H groups in total. The molecule has 2 aromatic rings. The van der Waals surface area contributed by atoms with Crippen LogP contribution in [0, 0.1) is 18.3 Å². The van der Waals surface area contributed by atoms with Crippen LogP contribution < -0.4 is 10.6 Å². The molecule has 0 aromatic heterocycles. The third-order valence-corrected chi connectivity index (χ3v) is 3.71. The lowest BCUT2D eigenvalue weighted by Gasteiger charge is -2.21. The fraction of sp³-hybridized carbons (Fsp3) is 0.235. The van der Waals surface area contributed by atoms with E-state index in [1.54, 1.807) is 0 Å². The third-order valence-electron chi connectivity index (χ3n) is 3.71. The number of rotatable bonds is 2. The maximum absolute atomic E-state index is 9.26. The number of nitrogens with zero attached hydrogens (tertiary/aromatic N) is 1. The Kier molecular flexibility index (Phi) is 3.41. The second kappa shape index (κ2) is 5.36. The molecule has 0 radical (unpaired) electrons. The molecule has 3 nitrogen and oxygen atoms in total. The van der Waals surface area contributed by atoms with Gasteiger partial charge in [0.25, 0.3) is 0 Å². The highest BCUT2D eigenvalue weighted by molar-refractivity contribution is 5.70. The largest absolute Gasteiger partial charge is 0.354 e. The van der Waals surface area contributed by atoms with Gasteiger partial charge in [-0.2, -0.15) is 5.26 Å². The molecule has 1 aliphatic rings. The molecule has 2 aromatic carbocycles. The van der Waals surface area contributed by atoms with Crippen LogP contribution in [0.1, 0.15) is 22.3 Å². The summed E-state index contributed by atoms with van der Waals surface area (Å²) in [6, 6.07) is 14.5. The van der Waals surface area contributed by atoms with Gasteiger partial charge in [-0.1, -0.05) is 18.2 Å². The molecule has 100 valence electrons. The summed E-state index contributed by atoms with van der Waals surface area (Å²) in [6.07, 6.45) is 1.02. The van der Waals surface area contributed by atoms with Crippen LogP contribution in [0.2, 0.25) is 0 Å². The molecule has 3 heteroatoms. The molecule has 20 heavy (non-hydrogen) atoms. The van der Waals surface area contributed by atoms with Gasteiger partial charge in [-0.15, -0.1) is 0 Å². The van der Waals surface area contributed by atoms with Crippen molar-refractivity contribution in [3.63, 3.8) is 0 Å². The van der Waals surface area contributed by atoms with Gasteiger partial charge in [0, 0.05) is 12.2 Å². The SMILES string of the molecule is Cc1ccc(Nc2cccc3c2CCNC3)c(C#N)c1. The molecular weight excluding hydrogens is 246 g/mol. The lowest BCUT2D eigenvalue weighted by Crippen LogP contribution is -2.24. The Labute approximate surface area is 119 Å². The normalized spacial score (nSPS) is 13.4. The summed E-state index contributed by atoms with van der Waals surface area (Å²) < 4.78 is 0. The summed E-state index contributed by atoms with van der Waals surface area (Å²) in [7, 11) is 0. The van der Waals surface area contributed by atoms with Crippen LogP contribution in [-0.2, 0) is 13.0 Å². The van der Waals surface area contributed by atoms with Gasteiger partial charge in [0.15, 0.2) is 0 Å². The lowest BCUT2D eigenvalue weighted by molar-refractivity contribution is 0.645. The number of benzene rings is 2. The number of nitriles is 1. The van der Waals surface area contributed by atoms with Gasteiger partial charge >= 0.3 is 0 Å². The summed E-state index contributed by atoms with van der Waals surface area (Å²) in [5.74, 6) is 0. The quantitative estimate of drug-likeness (QED) is 0.874. The van der Waals surface area contributed by atoms with E-state index >= 15 is 0 Å². The van der Waals surface area contributed by atoms with Crippen molar-refractivity contribution in [2.24, 2.45) is 0 Å². The fourth-order valence-electron chi connectivity index (χ4n) is 2.65. The van der Waals surface area contributed by atoms with Crippen molar-refractivity contribution >= 4 is 11.4 Å². The predicted molar refractivity (Wildman–Crippen MR) is 81.0 cm³/mol. The Balaban J connectivity index is 1.98. The first kappa shape index (κ1) is 12.7. The average molecular weight is 263 g/mol. The van der Waals surface area contributed by atoms with Crippen LogP contribution in [0.15, 0.2) is 36.4 Å². The molecule has 0 bridgehead atoms. The van der Waals surface area contributed by atoms with Crippen molar-refractivity contribution in [3.05, 3.63) is 58.7 Å². The Morgan fingerprint density at radius 3 is 2.95 bits per heavy atom. The van der Waals surface area contributed by atoms with E-state index < -0.39 is 0 Å². The zero-order valence-corrected chi connectivity index (χ0v) is 11.5. The van der Waals surface area contributed by atoms with Gasteiger partial charge in [-0.05, 0) is 54.8 Å². The van der Waals surface area contributed by atoms with E-state index in [4.69, 9.17) is 0 Å². The first-order valence-electron chi connectivity index (χ1n) is 6.87. The highest BCUT2D eigenvalue weighted by Gasteiger charge is 2.13. The van der Waals surface area contributed by atoms with Crippen molar-refractivity contribution < 1.29 is 0 Å². The minimum absolute atomic E-state index is 0.691. The number of hydrogen-bond acceptors (Lipinski definition) is 3. The van der Waals surface area contributed by atoms with E-state index in [9.17, 15) is 5.26 Å². The number of anilines is 2. The minimum Gasteiger partial charge on any atom is -0.354 e. The Morgan fingerprint density at radius 1 is 1.20 bits per heavy atom. The van der Waals surface area contributed by atoms with Gasteiger partial charge in [-0.25, -0.2) is 0 Å². The summed E-state index contributed by atoms with van der Waals surface area (Å²) in [6.45, 7) is 3.93. The van der Waals surface area contributed by atoms with Crippen LogP contribution in [-0.4, -0.2) is 6.54 Å². The van der Waals surface area contributed by atoms with Crippen molar-refractivity contribution in [2.75, 3.05) is 11.9 Å². The molecule has 0 spiro atoms. The second-order valence-corrected chi connectivity index (χ2v) is 5.16. The van der Waals surface area contributed by atoms with E-state index in [0.717, 1.165) is 36.4 Å². The van der Waals surface area contributed by atoms with Crippen LogP contribution in [0.25, 0.3) is 0 Å². The smallest absolute Gasteiger partial charge is 0.101 e. The number of fused-ring (bicyclic) bond motifs is 1. The van der Waals surface area contributed by atoms with Crippen LogP contribution in [0.5, 0.6) is 0 Å². The first-order valence-corrected chi connectivity index (χ1v) is 6.87. The minimum atomic E-state index is 0.691. The van der Waals surface area contributed by atoms with Crippen molar-refractivity contribution in [1.82, 2.24) is 5.32 Å². The van der Waals surface area contributed by atoms with E-state index in [1.807, 2.05) is 25.1 Å². The van der Waals surface area contributed by atoms with Crippen LogP contribution in [0.4, 0.5) is 11.4 Å². The van der Waals surface area contributed by atoms with Gasteiger partial charge in [-0.3, -0.25) is 0 Å². The van der Waals surface area contributed by atoms with Gasteiger partial charge in [0.1, 0.15) is 6.07 Å². The highest BCUT2D eigenvalue weighted by Crippen LogP contribution is 2.28. The fourth-order valence-corrected chi connectivity index (χ4v) is 2.65. The Hall–Kier alpha value is -2.31. The predicted octanol–water partition coefficient (Wildman–Crippen LogP) is 3.26.